The highest BCUT2D eigenvalue weighted by Crippen LogP contribution is 2.38. The highest BCUT2D eigenvalue weighted by atomic mass is 35.5. The number of hydrogen-bond acceptors (Lipinski definition) is 4. The minimum Gasteiger partial charge on any atom is -0.483 e. The lowest BCUT2D eigenvalue weighted by atomic mass is 9.82. The van der Waals surface area contributed by atoms with E-state index in [1.54, 1.807) is 12.1 Å². The average molecular weight is 271 g/mol. The van der Waals surface area contributed by atoms with Gasteiger partial charge in [-0.1, -0.05) is 17.7 Å². The summed E-state index contributed by atoms with van der Waals surface area (Å²) in [4.78, 5) is 10.4. The van der Waals surface area contributed by atoms with E-state index in [0.717, 1.165) is 19.4 Å². The van der Waals surface area contributed by atoms with Crippen LogP contribution in [0.1, 0.15) is 12.8 Å². The Balaban J connectivity index is 2.02. The molecule has 0 radical (unpaired) electrons. The quantitative estimate of drug-likeness (QED) is 0.660. The van der Waals surface area contributed by atoms with Crippen LogP contribution >= 0.6 is 11.6 Å². The second kappa shape index (κ2) is 5.54. The Morgan fingerprint density at radius 2 is 2.28 bits per heavy atom. The van der Waals surface area contributed by atoms with Crippen molar-refractivity contribution in [1.29, 1.82) is 0 Å². The molecule has 0 heterocycles. The van der Waals surface area contributed by atoms with Crippen molar-refractivity contribution >= 4 is 17.3 Å². The van der Waals surface area contributed by atoms with E-state index in [9.17, 15) is 10.1 Å². The fourth-order valence-corrected chi connectivity index (χ4v) is 2.41. The number of ether oxygens (including phenoxy) is 1. The lowest BCUT2D eigenvalue weighted by Crippen LogP contribution is -2.38. The average Bonchev–Trinajstić information content (AvgIpc) is 2.25. The van der Waals surface area contributed by atoms with Gasteiger partial charge in [0.1, 0.15) is 5.02 Å². The number of halogens is 1. The number of rotatable bonds is 5. The lowest BCUT2D eigenvalue weighted by Gasteiger charge is -2.35. The standard InChI is InChI=1S/C12H15ClN2O3/c1-14-7-8-5-9(6-8)18-11-4-2-3-10(13)12(11)15(16)17/h2-4,8-9,14H,5-7H2,1H3. The van der Waals surface area contributed by atoms with Gasteiger partial charge >= 0.3 is 5.69 Å². The van der Waals surface area contributed by atoms with Crippen molar-refractivity contribution in [3.8, 4) is 5.75 Å². The van der Waals surface area contributed by atoms with E-state index in [1.165, 1.54) is 6.07 Å². The van der Waals surface area contributed by atoms with Crippen LogP contribution in [0.5, 0.6) is 5.75 Å². The van der Waals surface area contributed by atoms with Crippen LogP contribution < -0.4 is 10.1 Å². The molecule has 5 nitrogen and oxygen atoms in total. The largest absolute Gasteiger partial charge is 0.483 e. The third-order valence-corrected chi connectivity index (χ3v) is 3.42. The summed E-state index contributed by atoms with van der Waals surface area (Å²) in [7, 11) is 1.91. The summed E-state index contributed by atoms with van der Waals surface area (Å²) in [6.45, 7) is 0.956. The third kappa shape index (κ3) is 2.73. The van der Waals surface area contributed by atoms with Gasteiger partial charge in [0.2, 0.25) is 0 Å². The Morgan fingerprint density at radius 3 is 2.89 bits per heavy atom. The molecular weight excluding hydrogens is 256 g/mol. The van der Waals surface area contributed by atoms with Crippen LogP contribution in [-0.4, -0.2) is 24.6 Å². The highest BCUT2D eigenvalue weighted by molar-refractivity contribution is 6.32. The van der Waals surface area contributed by atoms with Crippen LogP contribution in [-0.2, 0) is 0 Å². The molecule has 1 aliphatic rings. The normalized spacial score (nSPS) is 22.3. The van der Waals surface area contributed by atoms with Crippen molar-refractivity contribution in [2.24, 2.45) is 5.92 Å². The summed E-state index contributed by atoms with van der Waals surface area (Å²) in [5.41, 5.74) is -0.142. The minimum atomic E-state index is -0.499. The molecular formula is C12H15ClN2O3. The fraction of sp³-hybridized carbons (Fsp3) is 0.500. The number of nitrogens with zero attached hydrogens (tertiary/aromatic N) is 1. The van der Waals surface area contributed by atoms with Gasteiger partial charge in [0.15, 0.2) is 5.75 Å². The van der Waals surface area contributed by atoms with Gasteiger partial charge in [-0.15, -0.1) is 0 Å². The maximum Gasteiger partial charge on any atom is 0.329 e. The fourth-order valence-electron chi connectivity index (χ4n) is 2.17. The number of nitro benzene ring substituents is 1. The first-order valence-corrected chi connectivity index (χ1v) is 6.23. The first kappa shape index (κ1) is 13.1. The van der Waals surface area contributed by atoms with E-state index in [1.807, 2.05) is 7.05 Å². The summed E-state index contributed by atoms with van der Waals surface area (Å²) in [5, 5.41) is 14.2. The maximum atomic E-state index is 10.9. The van der Waals surface area contributed by atoms with Gasteiger partial charge in [0, 0.05) is 0 Å². The minimum absolute atomic E-state index is 0.0560. The van der Waals surface area contributed by atoms with Crippen molar-refractivity contribution in [3.63, 3.8) is 0 Å². The van der Waals surface area contributed by atoms with Crippen LogP contribution in [0.25, 0.3) is 0 Å². The Kier molecular flexibility index (Phi) is 4.04. The predicted octanol–water partition coefficient (Wildman–Crippen LogP) is 2.63. The summed E-state index contributed by atoms with van der Waals surface area (Å²) in [6.07, 6.45) is 1.90. The van der Waals surface area contributed by atoms with Crippen LogP contribution in [0.3, 0.4) is 0 Å². The Hall–Kier alpha value is -1.33. The zero-order chi connectivity index (χ0) is 13.1. The van der Waals surface area contributed by atoms with Crippen LogP contribution in [0.2, 0.25) is 5.02 Å². The van der Waals surface area contributed by atoms with Gasteiger partial charge < -0.3 is 10.1 Å². The Morgan fingerprint density at radius 1 is 1.56 bits per heavy atom. The first-order chi connectivity index (χ1) is 8.61. The van der Waals surface area contributed by atoms with Crippen molar-refractivity contribution in [2.45, 2.75) is 18.9 Å². The van der Waals surface area contributed by atoms with Gasteiger partial charge in [-0.05, 0) is 44.5 Å². The van der Waals surface area contributed by atoms with Crippen LogP contribution in [0, 0.1) is 16.0 Å². The smallest absolute Gasteiger partial charge is 0.329 e. The van der Waals surface area contributed by atoms with E-state index < -0.39 is 4.92 Å². The number of hydrogen-bond donors (Lipinski definition) is 1. The first-order valence-electron chi connectivity index (χ1n) is 5.86. The zero-order valence-electron chi connectivity index (χ0n) is 10.1. The molecule has 0 aliphatic heterocycles. The summed E-state index contributed by atoms with van der Waals surface area (Å²) < 4.78 is 5.65. The van der Waals surface area contributed by atoms with Crippen molar-refractivity contribution in [1.82, 2.24) is 5.32 Å². The SMILES string of the molecule is CNCC1CC(Oc2cccc(Cl)c2[N+](=O)[O-])C1. The highest BCUT2D eigenvalue weighted by Gasteiger charge is 2.32. The van der Waals surface area contributed by atoms with E-state index in [4.69, 9.17) is 16.3 Å². The molecule has 0 atom stereocenters. The molecule has 1 aliphatic carbocycles. The monoisotopic (exact) mass is 270 g/mol. The topological polar surface area (TPSA) is 64.4 Å². The van der Waals surface area contributed by atoms with E-state index in [-0.39, 0.29) is 22.6 Å². The van der Waals surface area contributed by atoms with Crippen molar-refractivity contribution in [3.05, 3.63) is 33.3 Å². The van der Waals surface area contributed by atoms with Gasteiger partial charge in [0.05, 0.1) is 11.0 Å². The molecule has 0 bridgehead atoms. The predicted molar refractivity (Wildman–Crippen MR) is 69.2 cm³/mol. The maximum absolute atomic E-state index is 10.9. The number of nitrogens with one attached hydrogen (secondary N) is 1. The van der Waals surface area contributed by atoms with E-state index in [0.29, 0.717) is 5.92 Å². The third-order valence-electron chi connectivity index (χ3n) is 3.11. The molecule has 0 saturated heterocycles. The van der Waals surface area contributed by atoms with Gasteiger partial charge in [0.25, 0.3) is 0 Å². The molecule has 0 amide bonds. The second-order valence-corrected chi connectivity index (χ2v) is 4.89. The molecule has 1 N–H and O–H groups in total. The molecule has 0 unspecified atom stereocenters. The summed E-state index contributed by atoms with van der Waals surface area (Å²) in [5.74, 6) is 0.860. The zero-order valence-corrected chi connectivity index (χ0v) is 10.8. The molecule has 1 aromatic rings. The molecule has 18 heavy (non-hydrogen) atoms. The molecule has 6 heteroatoms. The summed E-state index contributed by atoms with van der Waals surface area (Å²) >= 11 is 5.82. The van der Waals surface area contributed by atoms with Crippen molar-refractivity contribution < 1.29 is 9.66 Å². The van der Waals surface area contributed by atoms with Crippen LogP contribution in [0.15, 0.2) is 18.2 Å². The second-order valence-electron chi connectivity index (χ2n) is 4.48. The molecule has 2 rings (SSSR count). The van der Waals surface area contributed by atoms with E-state index >= 15 is 0 Å². The van der Waals surface area contributed by atoms with Gasteiger partial charge in [-0.2, -0.15) is 0 Å². The Labute approximate surface area is 110 Å². The molecule has 1 fully saturated rings. The summed E-state index contributed by atoms with van der Waals surface area (Å²) in [6, 6.07) is 4.75. The van der Waals surface area contributed by atoms with Crippen molar-refractivity contribution in [2.75, 3.05) is 13.6 Å². The lowest BCUT2D eigenvalue weighted by molar-refractivity contribution is -0.386. The molecule has 1 aromatic carbocycles. The number of para-hydroxylation sites is 1. The van der Waals surface area contributed by atoms with E-state index in [2.05, 4.69) is 5.32 Å². The number of nitro groups is 1. The molecule has 1 saturated carbocycles. The van der Waals surface area contributed by atoms with Gasteiger partial charge in [-0.25, -0.2) is 0 Å². The molecule has 0 aromatic heterocycles. The van der Waals surface area contributed by atoms with Gasteiger partial charge in [-0.3, -0.25) is 10.1 Å². The Bertz CT molecular complexity index is 447. The molecule has 0 spiro atoms. The number of benzene rings is 1. The molecule has 98 valence electrons. The van der Waals surface area contributed by atoms with Crippen LogP contribution in [0.4, 0.5) is 5.69 Å².